The number of H-pyrrole nitrogens is 1. The van der Waals surface area contributed by atoms with Gasteiger partial charge in [-0.1, -0.05) is 35.8 Å². The largest absolute Gasteiger partial charge is 0.342 e. The van der Waals surface area contributed by atoms with Crippen molar-refractivity contribution < 1.29 is 0 Å². The first-order valence-electron chi connectivity index (χ1n) is 5.76. The highest BCUT2D eigenvalue weighted by Crippen LogP contribution is 2.25. The Morgan fingerprint density at radius 3 is 2.88 bits per heavy atom. The van der Waals surface area contributed by atoms with Gasteiger partial charge in [0.05, 0.1) is 16.5 Å². The van der Waals surface area contributed by atoms with E-state index in [1.54, 1.807) is 0 Å². The highest BCUT2D eigenvalue weighted by atomic mass is 79.9. The van der Waals surface area contributed by atoms with Crippen molar-refractivity contribution in [3.05, 3.63) is 29.6 Å². The van der Waals surface area contributed by atoms with Crippen LogP contribution in [0.25, 0.3) is 11.0 Å². The van der Waals surface area contributed by atoms with Crippen LogP contribution in [0.5, 0.6) is 0 Å². The zero-order valence-corrected chi connectivity index (χ0v) is 12.1. The van der Waals surface area contributed by atoms with Gasteiger partial charge in [-0.25, -0.2) is 4.98 Å². The number of nitrogens with zero attached hydrogens (tertiary/aromatic N) is 1. The van der Waals surface area contributed by atoms with E-state index in [0.29, 0.717) is 0 Å². The molecule has 0 saturated heterocycles. The number of aromatic nitrogens is 2. The summed E-state index contributed by atoms with van der Waals surface area (Å²) in [5.41, 5.74) is 4.41. The third-order valence-corrected chi connectivity index (χ3v) is 3.44. The summed E-state index contributed by atoms with van der Waals surface area (Å²) in [7, 11) is 0. The van der Waals surface area contributed by atoms with Crippen molar-refractivity contribution in [1.82, 2.24) is 15.3 Å². The number of imidazole rings is 1. The second kappa shape index (κ2) is 4.78. The zero-order chi connectivity index (χ0) is 12.5. The molecule has 92 valence electrons. The number of aromatic amines is 1. The molecule has 2 N–H and O–H groups in total. The number of halogens is 1. The van der Waals surface area contributed by atoms with Crippen molar-refractivity contribution in [2.24, 2.45) is 0 Å². The predicted octanol–water partition coefficient (Wildman–Crippen LogP) is 3.09. The Kier molecular flexibility index (Phi) is 3.54. The topological polar surface area (TPSA) is 40.7 Å². The van der Waals surface area contributed by atoms with Gasteiger partial charge in [-0.15, -0.1) is 0 Å². The van der Waals surface area contributed by atoms with E-state index in [4.69, 9.17) is 0 Å². The standard InChI is InChI=1S/C13H18BrN3/c1-9-16-11-5-4-10(6-12(11)17-9)13(2,3)7-15-8-14/h4-6,15H,7-8H2,1-3H3,(H,16,17). The lowest BCUT2D eigenvalue weighted by Crippen LogP contribution is -2.32. The lowest BCUT2D eigenvalue weighted by atomic mass is 9.84. The maximum absolute atomic E-state index is 4.42. The van der Waals surface area contributed by atoms with Crippen LogP contribution in [0.3, 0.4) is 0 Å². The average molecular weight is 296 g/mol. The third-order valence-electron chi connectivity index (χ3n) is 3.04. The van der Waals surface area contributed by atoms with Gasteiger partial charge in [0.25, 0.3) is 0 Å². The molecule has 0 fully saturated rings. The molecule has 0 spiro atoms. The fourth-order valence-corrected chi connectivity index (χ4v) is 2.22. The van der Waals surface area contributed by atoms with Gasteiger partial charge in [0.2, 0.25) is 0 Å². The van der Waals surface area contributed by atoms with E-state index in [9.17, 15) is 0 Å². The van der Waals surface area contributed by atoms with Crippen LogP contribution < -0.4 is 5.32 Å². The molecule has 0 unspecified atom stereocenters. The molecule has 0 bridgehead atoms. The van der Waals surface area contributed by atoms with Gasteiger partial charge in [-0.3, -0.25) is 0 Å². The molecule has 3 nitrogen and oxygen atoms in total. The van der Waals surface area contributed by atoms with Crippen LogP contribution in [0.2, 0.25) is 0 Å². The summed E-state index contributed by atoms with van der Waals surface area (Å²) in [6, 6.07) is 6.45. The molecule has 0 aliphatic rings. The summed E-state index contributed by atoms with van der Waals surface area (Å²) in [5.74, 6) is 0.966. The molecule has 0 aliphatic carbocycles. The smallest absolute Gasteiger partial charge is 0.104 e. The number of hydrogen-bond donors (Lipinski definition) is 2. The van der Waals surface area contributed by atoms with Crippen LogP contribution in [0, 0.1) is 6.92 Å². The molecule has 2 aromatic rings. The van der Waals surface area contributed by atoms with E-state index >= 15 is 0 Å². The fourth-order valence-electron chi connectivity index (χ4n) is 2.02. The van der Waals surface area contributed by atoms with Crippen LogP contribution in [-0.2, 0) is 5.41 Å². The van der Waals surface area contributed by atoms with Crippen LogP contribution in [0.1, 0.15) is 25.2 Å². The first-order chi connectivity index (χ1) is 8.03. The second-order valence-electron chi connectivity index (χ2n) is 5.00. The number of aryl methyl sites for hydroxylation is 1. The Morgan fingerprint density at radius 1 is 1.41 bits per heavy atom. The van der Waals surface area contributed by atoms with E-state index in [2.05, 4.69) is 63.3 Å². The summed E-state index contributed by atoms with van der Waals surface area (Å²) in [6.07, 6.45) is 0. The fraction of sp³-hybridized carbons (Fsp3) is 0.462. The second-order valence-corrected chi connectivity index (χ2v) is 5.56. The number of alkyl halides is 1. The molecule has 0 saturated carbocycles. The Morgan fingerprint density at radius 2 is 2.18 bits per heavy atom. The maximum Gasteiger partial charge on any atom is 0.104 e. The molecule has 1 aromatic heterocycles. The van der Waals surface area contributed by atoms with E-state index < -0.39 is 0 Å². The molecule has 0 aliphatic heterocycles. The number of benzene rings is 1. The minimum absolute atomic E-state index is 0.112. The Hall–Kier alpha value is -0.870. The molecule has 2 rings (SSSR count). The number of hydrogen-bond acceptors (Lipinski definition) is 2. The lowest BCUT2D eigenvalue weighted by molar-refractivity contribution is 0.491. The summed E-state index contributed by atoms with van der Waals surface area (Å²) in [6.45, 7) is 7.41. The van der Waals surface area contributed by atoms with E-state index in [1.807, 2.05) is 6.92 Å². The summed E-state index contributed by atoms with van der Waals surface area (Å²) in [4.78, 5) is 7.71. The Bertz CT molecular complexity index is 516. The Balaban J connectivity index is 2.34. The minimum Gasteiger partial charge on any atom is -0.342 e. The monoisotopic (exact) mass is 295 g/mol. The summed E-state index contributed by atoms with van der Waals surface area (Å²) >= 11 is 3.39. The molecule has 1 aromatic carbocycles. The molecular weight excluding hydrogens is 278 g/mol. The van der Waals surface area contributed by atoms with E-state index in [0.717, 1.165) is 28.9 Å². The first kappa shape index (κ1) is 12.6. The van der Waals surface area contributed by atoms with Gasteiger partial charge in [0.1, 0.15) is 5.82 Å². The highest BCUT2D eigenvalue weighted by molar-refractivity contribution is 9.09. The molecule has 0 atom stereocenters. The van der Waals surface area contributed by atoms with Crippen molar-refractivity contribution in [3.63, 3.8) is 0 Å². The maximum atomic E-state index is 4.42. The number of rotatable bonds is 4. The summed E-state index contributed by atoms with van der Waals surface area (Å²) in [5, 5.41) is 3.33. The van der Waals surface area contributed by atoms with Gasteiger partial charge in [0, 0.05) is 12.0 Å². The summed E-state index contributed by atoms with van der Waals surface area (Å²) < 4.78 is 0. The Labute approximate surface area is 110 Å². The predicted molar refractivity (Wildman–Crippen MR) is 75.7 cm³/mol. The lowest BCUT2D eigenvalue weighted by Gasteiger charge is -2.25. The van der Waals surface area contributed by atoms with Crippen molar-refractivity contribution in [2.45, 2.75) is 26.2 Å². The molecule has 4 heteroatoms. The van der Waals surface area contributed by atoms with Crippen LogP contribution in [0.4, 0.5) is 0 Å². The quantitative estimate of drug-likeness (QED) is 0.672. The van der Waals surface area contributed by atoms with Gasteiger partial charge in [-0.05, 0) is 24.6 Å². The number of nitrogens with one attached hydrogen (secondary N) is 2. The van der Waals surface area contributed by atoms with Crippen molar-refractivity contribution in [3.8, 4) is 0 Å². The zero-order valence-electron chi connectivity index (χ0n) is 10.5. The number of fused-ring (bicyclic) bond motifs is 1. The average Bonchev–Trinajstić information content (AvgIpc) is 2.65. The molecule has 17 heavy (non-hydrogen) atoms. The molecule has 1 heterocycles. The van der Waals surface area contributed by atoms with Crippen molar-refractivity contribution >= 4 is 27.0 Å². The third kappa shape index (κ3) is 2.69. The van der Waals surface area contributed by atoms with Gasteiger partial charge >= 0.3 is 0 Å². The van der Waals surface area contributed by atoms with Crippen LogP contribution in [-0.4, -0.2) is 22.0 Å². The highest BCUT2D eigenvalue weighted by Gasteiger charge is 2.20. The van der Waals surface area contributed by atoms with Crippen molar-refractivity contribution in [1.29, 1.82) is 0 Å². The molecule has 0 radical (unpaired) electrons. The van der Waals surface area contributed by atoms with Gasteiger partial charge in [0.15, 0.2) is 0 Å². The van der Waals surface area contributed by atoms with Gasteiger partial charge in [-0.2, -0.15) is 0 Å². The van der Waals surface area contributed by atoms with E-state index in [1.165, 1.54) is 5.56 Å². The minimum atomic E-state index is 0.112. The normalized spacial score (nSPS) is 12.2. The SMILES string of the molecule is Cc1nc2ccc(C(C)(C)CNCBr)cc2[nH]1. The molecular formula is C13H18BrN3. The first-order valence-corrected chi connectivity index (χ1v) is 6.88. The van der Waals surface area contributed by atoms with Crippen molar-refractivity contribution in [2.75, 3.05) is 12.0 Å². The van der Waals surface area contributed by atoms with Crippen LogP contribution in [0.15, 0.2) is 18.2 Å². The van der Waals surface area contributed by atoms with Gasteiger partial charge < -0.3 is 10.3 Å². The van der Waals surface area contributed by atoms with E-state index in [-0.39, 0.29) is 5.41 Å². The van der Waals surface area contributed by atoms with Crippen LogP contribution >= 0.6 is 15.9 Å². The molecule has 0 amide bonds.